The molecule has 6 heteroatoms. The molecule has 0 aliphatic carbocycles. The normalized spacial score (nSPS) is 11.8. The Morgan fingerprint density at radius 3 is 2.24 bits per heavy atom. The highest BCUT2D eigenvalue weighted by Crippen LogP contribution is 2.31. The Kier molecular flexibility index (Phi) is 2.99. The first-order valence-corrected chi connectivity index (χ1v) is 5.57. The number of nitrogens with zero attached hydrogens (tertiary/aromatic N) is 1. The number of nitrogens with one attached hydrogen (secondary N) is 1. The Labute approximate surface area is 104 Å². The van der Waals surface area contributed by atoms with E-state index < -0.39 is 12.0 Å². The molecule has 0 atom stereocenters. The standard InChI is InChI=1S/C11H8BrF3N2/c1-6-9(7-2-4-8(12)5-3-7)17-10(16-6)11(13,14)15/h2-5H,1H3,(H,16,17). The van der Waals surface area contributed by atoms with Gasteiger partial charge in [-0.3, -0.25) is 0 Å². The third-order valence-electron chi connectivity index (χ3n) is 2.27. The molecule has 1 N–H and O–H groups in total. The van der Waals surface area contributed by atoms with Crippen LogP contribution in [0.25, 0.3) is 11.3 Å². The fraction of sp³-hybridized carbons (Fsp3) is 0.182. The quantitative estimate of drug-likeness (QED) is 0.842. The fourth-order valence-corrected chi connectivity index (χ4v) is 1.75. The van der Waals surface area contributed by atoms with Crippen LogP contribution in [0.4, 0.5) is 13.2 Å². The number of benzene rings is 1. The van der Waals surface area contributed by atoms with Crippen LogP contribution in [0.3, 0.4) is 0 Å². The van der Waals surface area contributed by atoms with Crippen molar-refractivity contribution < 1.29 is 13.2 Å². The van der Waals surface area contributed by atoms with Crippen molar-refractivity contribution in [3.8, 4) is 11.3 Å². The van der Waals surface area contributed by atoms with Gasteiger partial charge in [0.05, 0.1) is 5.69 Å². The van der Waals surface area contributed by atoms with E-state index in [9.17, 15) is 13.2 Å². The lowest BCUT2D eigenvalue weighted by Gasteiger charge is -2.00. The van der Waals surface area contributed by atoms with Gasteiger partial charge >= 0.3 is 6.18 Å². The molecular formula is C11H8BrF3N2. The molecule has 0 unspecified atom stereocenters. The number of imidazole rings is 1. The highest BCUT2D eigenvalue weighted by atomic mass is 79.9. The van der Waals surface area contributed by atoms with Gasteiger partial charge in [-0.05, 0) is 19.1 Å². The second kappa shape index (κ2) is 4.18. The Bertz CT molecular complexity index is 529. The van der Waals surface area contributed by atoms with Gasteiger partial charge in [-0.2, -0.15) is 13.2 Å². The zero-order valence-electron chi connectivity index (χ0n) is 8.77. The van der Waals surface area contributed by atoms with Crippen LogP contribution in [0.1, 0.15) is 11.5 Å². The number of H-pyrrole nitrogens is 1. The van der Waals surface area contributed by atoms with Crippen LogP contribution >= 0.6 is 15.9 Å². The Morgan fingerprint density at radius 1 is 1.18 bits per heavy atom. The Balaban J connectivity index is 2.46. The summed E-state index contributed by atoms with van der Waals surface area (Å²) in [7, 11) is 0. The Morgan fingerprint density at radius 2 is 1.76 bits per heavy atom. The molecule has 0 radical (unpaired) electrons. The number of aromatic amines is 1. The minimum Gasteiger partial charge on any atom is -0.338 e. The first-order valence-electron chi connectivity index (χ1n) is 4.77. The zero-order valence-corrected chi connectivity index (χ0v) is 10.4. The van der Waals surface area contributed by atoms with Crippen molar-refractivity contribution in [2.75, 3.05) is 0 Å². The van der Waals surface area contributed by atoms with Crippen molar-refractivity contribution in [3.63, 3.8) is 0 Å². The SMILES string of the molecule is Cc1[nH]c(C(F)(F)F)nc1-c1ccc(Br)cc1. The maximum Gasteiger partial charge on any atom is 0.449 e. The van der Waals surface area contributed by atoms with E-state index in [2.05, 4.69) is 25.9 Å². The minimum atomic E-state index is -4.45. The van der Waals surface area contributed by atoms with Crippen molar-refractivity contribution in [2.45, 2.75) is 13.1 Å². The second-order valence-corrected chi connectivity index (χ2v) is 4.48. The van der Waals surface area contributed by atoms with Crippen molar-refractivity contribution in [1.29, 1.82) is 0 Å². The molecule has 2 aromatic rings. The number of alkyl halides is 3. The van der Waals surface area contributed by atoms with E-state index in [1.807, 2.05) is 0 Å². The van der Waals surface area contributed by atoms with Gasteiger partial charge in [-0.25, -0.2) is 4.98 Å². The van der Waals surface area contributed by atoms with E-state index in [-0.39, 0.29) is 0 Å². The molecule has 90 valence electrons. The predicted octanol–water partition coefficient (Wildman–Crippen LogP) is 4.17. The smallest absolute Gasteiger partial charge is 0.338 e. The molecule has 0 saturated carbocycles. The molecule has 1 heterocycles. The van der Waals surface area contributed by atoms with Crippen LogP contribution in [-0.4, -0.2) is 9.97 Å². The molecule has 0 spiro atoms. The van der Waals surface area contributed by atoms with E-state index in [1.165, 1.54) is 0 Å². The Hall–Kier alpha value is -1.30. The summed E-state index contributed by atoms with van der Waals surface area (Å²) in [6.07, 6.45) is -4.45. The summed E-state index contributed by atoms with van der Waals surface area (Å²) in [6, 6.07) is 6.95. The maximum absolute atomic E-state index is 12.5. The predicted molar refractivity (Wildman–Crippen MR) is 61.5 cm³/mol. The lowest BCUT2D eigenvalue weighted by Crippen LogP contribution is -2.07. The second-order valence-electron chi connectivity index (χ2n) is 3.56. The summed E-state index contributed by atoms with van der Waals surface area (Å²) < 4.78 is 38.2. The molecular weight excluding hydrogens is 297 g/mol. The molecule has 0 fully saturated rings. The number of hydrogen-bond donors (Lipinski definition) is 1. The van der Waals surface area contributed by atoms with E-state index in [0.29, 0.717) is 17.0 Å². The van der Waals surface area contributed by atoms with Gasteiger partial charge in [0, 0.05) is 15.7 Å². The van der Waals surface area contributed by atoms with Crippen LogP contribution in [0.5, 0.6) is 0 Å². The molecule has 0 aliphatic rings. The molecule has 0 aliphatic heterocycles. The third kappa shape index (κ3) is 2.52. The van der Waals surface area contributed by atoms with Crippen molar-refractivity contribution in [2.24, 2.45) is 0 Å². The molecule has 1 aromatic heterocycles. The van der Waals surface area contributed by atoms with Crippen molar-refractivity contribution >= 4 is 15.9 Å². The van der Waals surface area contributed by atoms with Gasteiger partial charge in [0.15, 0.2) is 0 Å². The number of aromatic nitrogens is 2. The van der Waals surface area contributed by atoms with Gasteiger partial charge in [-0.1, -0.05) is 28.1 Å². The van der Waals surface area contributed by atoms with E-state index >= 15 is 0 Å². The summed E-state index contributed by atoms with van der Waals surface area (Å²) in [5, 5.41) is 0. The zero-order chi connectivity index (χ0) is 12.6. The summed E-state index contributed by atoms with van der Waals surface area (Å²) in [4.78, 5) is 5.83. The molecule has 0 saturated heterocycles. The van der Waals surface area contributed by atoms with Crippen LogP contribution in [0.15, 0.2) is 28.7 Å². The maximum atomic E-state index is 12.5. The third-order valence-corrected chi connectivity index (χ3v) is 2.80. The van der Waals surface area contributed by atoms with Crippen LogP contribution < -0.4 is 0 Å². The number of aryl methyl sites for hydroxylation is 1. The monoisotopic (exact) mass is 304 g/mol. The topological polar surface area (TPSA) is 28.7 Å². The van der Waals surface area contributed by atoms with Crippen molar-refractivity contribution in [3.05, 3.63) is 40.3 Å². The largest absolute Gasteiger partial charge is 0.449 e. The van der Waals surface area contributed by atoms with E-state index in [4.69, 9.17) is 0 Å². The molecule has 1 aromatic carbocycles. The average Bonchev–Trinajstić information content (AvgIpc) is 2.61. The fourth-order valence-electron chi connectivity index (χ4n) is 1.48. The van der Waals surface area contributed by atoms with Crippen LogP contribution in [0, 0.1) is 6.92 Å². The summed E-state index contributed by atoms with van der Waals surface area (Å²) >= 11 is 3.27. The summed E-state index contributed by atoms with van der Waals surface area (Å²) in [6.45, 7) is 1.57. The lowest BCUT2D eigenvalue weighted by molar-refractivity contribution is -0.144. The number of halogens is 4. The molecule has 0 amide bonds. The van der Waals surface area contributed by atoms with E-state index in [1.54, 1.807) is 31.2 Å². The van der Waals surface area contributed by atoms with Crippen LogP contribution in [0.2, 0.25) is 0 Å². The number of hydrogen-bond acceptors (Lipinski definition) is 1. The van der Waals surface area contributed by atoms with Gasteiger partial charge in [0.1, 0.15) is 0 Å². The summed E-state index contributed by atoms with van der Waals surface area (Å²) in [5.41, 5.74) is 1.38. The van der Waals surface area contributed by atoms with Crippen LogP contribution in [-0.2, 0) is 6.18 Å². The van der Waals surface area contributed by atoms with Crippen molar-refractivity contribution in [1.82, 2.24) is 9.97 Å². The molecule has 2 rings (SSSR count). The molecule has 0 bridgehead atoms. The van der Waals surface area contributed by atoms with Gasteiger partial charge in [0.2, 0.25) is 5.82 Å². The first kappa shape index (κ1) is 12.2. The summed E-state index contributed by atoms with van der Waals surface area (Å²) in [5.74, 6) is -0.965. The van der Waals surface area contributed by atoms with E-state index in [0.717, 1.165) is 4.47 Å². The first-order chi connectivity index (χ1) is 7.88. The van der Waals surface area contributed by atoms with Gasteiger partial charge < -0.3 is 4.98 Å². The highest BCUT2D eigenvalue weighted by molar-refractivity contribution is 9.10. The number of rotatable bonds is 1. The molecule has 17 heavy (non-hydrogen) atoms. The highest BCUT2D eigenvalue weighted by Gasteiger charge is 2.35. The van der Waals surface area contributed by atoms with Gasteiger partial charge in [0.25, 0.3) is 0 Å². The minimum absolute atomic E-state index is 0.324. The average molecular weight is 305 g/mol. The molecule has 2 nitrogen and oxygen atoms in total. The lowest BCUT2D eigenvalue weighted by atomic mass is 10.1. The van der Waals surface area contributed by atoms with Gasteiger partial charge in [-0.15, -0.1) is 0 Å².